The van der Waals surface area contributed by atoms with Crippen LogP contribution in [0, 0.1) is 0 Å². The summed E-state index contributed by atoms with van der Waals surface area (Å²) in [6, 6.07) is 14.8. The molecule has 5 nitrogen and oxygen atoms in total. The number of carbonyl (C=O) groups excluding carboxylic acids is 1. The molecule has 0 saturated heterocycles. The molecule has 1 N–H and O–H groups in total. The lowest BCUT2D eigenvalue weighted by Crippen LogP contribution is -2.29. The van der Waals surface area contributed by atoms with Crippen molar-refractivity contribution >= 4 is 40.2 Å². The summed E-state index contributed by atoms with van der Waals surface area (Å²) in [7, 11) is 0. The van der Waals surface area contributed by atoms with Crippen molar-refractivity contribution in [1.29, 1.82) is 0 Å². The Morgan fingerprint density at radius 2 is 2.00 bits per heavy atom. The van der Waals surface area contributed by atoms with Gasteiger partial charge in [0.05, 0.1) is 22.7 Å². The molecule has 0 spiro atoms. The Balaban J connectivity index is 1.78. The van der Waals surface area contributed by atoms with E-state index >= 15 is 0 Å². The van der Waals surface area contributed by atoms with Crippen molar-refractivity contribution in [1.82, 2.24) is 14.9 Å². The van der Waals surface area contributed by atoms with Crippen LogP contribution in [-0.2, 0) is 11.3 Å². The lowest BCUT2D eigenvalue weighted by Gasteiger charge is -2.15. The molecular weight excluding hydrogens is 394 g/mol. The fraction of sp³-hybridized carbons (Fsp3) is 0.286. The van der Waals surface area contributed by atoms with Crippen molar-refractivity contribution in [2.75, 3.05) is 5.75 Å². The number of amides is 1. The molecule has 1 heterocycles. The molecule has 0 fully saturated rings. The van der Waals surface area contributed by atoms with Crippen LogP contribution in [0.25, 0.3) is 10.9 Å². The summed E-state index contributed by atoms with van der Waals surface area (Å²) in [5.41, 5.74) is 1.48. The highest BCUT2D eigenvalue weighted by Gasteiger charge is 2.15. The summed E-state index contributed by atoms with van der Waals surface area (Å²) < 4.78 is 1.63. The highest BCUT2D eigenvalue weighted by Crippen LogP contribution is 2.21. The van der Waals surface area contributed by atoms with Crippen molar-refractivity contribution < 1.29 is 4.79 Å². The molecule has 3 aromatic rings. The SMILES string of the molecule is CCCn1c(SCC(=O)N[C@@H](C)c2ccccc2)nc2cc(Cl)ccc2c1=O. The molecule has 1 atom stereocenters. The van der Waals surface area contributed by atoms with Gasteiger partial charge in [-0.15, -0.1) is 0 Å². The average Bonchev–Trinajstić information content (AvgIpc) is 2.69. The number of thioether (sulfide) groups is 1. The van der Waals surface area contributed by atoms with Crippen molar-refractivity contribution in [2.45, 2.75) is 38.0 Å². The third-order valence-electron chi connectivity index (χ3n) is 4.34. The van der Waals surface area contributed by atoms with E-state index in [0.717, 1.165) is 12.0 Å². The van der Waals surface area contributed by atoms with Gasteiger partial charge in [-0.05, 0) is 37.1 Å². The first kappa shape index (κ1) is 20.4. The van der Waals surface area contributed by atoms with Gasteiger partial charge in [0.15, 0.2) is 5.16 Å². The molecule has 0 radical (unpaired) electrons. The highest BCUT2D eigenvalue weighted by molar-refractivity contribution is 7.99. The number of nitrogens with zero attached hydrogens (tertiary/aromatic N) is 2. The molecule has 0 aliphatic carbocycles. The van der Waals surface area contributed by atoms with Crippen molar-refractivity contribution in [3.8, 4) is 0 Å². The number of nitrogens with one attached hydrogen (secondary N) is 1. The number of rotatable bonds is 7. The van der Waals surface area contributed by atoms with Crippen LogP contribution < -0.4 is 10.9 Å². The highest BCUT2D eigenvalue weighted by atomic mass is 35.5. The number of aromatic nitrogens is 2. The van der Waals surface area contributed by atoms with Crippen LogP contribution in [0.2, 0.25) is 5.02 Å². The van der Waals surface area contributed by atoms with Crippen LogP contribution in [0.15, 0.2) is 58.5 Å². The van der Waals surface area contributed by atoms with Crippen LogP contribution in [0.1, 0.15) is 31.9 Å². The Kier molecular flexibility index (Phi) is 6.75. The monoisotopic (exact) mass is 415 g/mol. The smallest absolute Gasteiger partial charge is 0.262 e. The van der Waals surface area contributed by atoms with Crippen LogP contribution in [-0.4, -0.2) is 21.2 Å². The zero-order chi connectivity index (χ0) is 20.1. The largest absolute Gasteiger partial charge is 0.349 e. The van der Waals surface area contributed by atoms with Gasteiger partial charge in [0.1, 0.15) is 0 Å². The molecule has 0 aliphatic rings. The third kappa shape index (κ3) is 4.75. The van der Waals surface area contributed by atoms with Gasteiger partial charge in [-0.1, -0.05) is 60.6 Å². The molecule has 0 aliphatic heterocycles. The molecule has 146 valence electrons. The lowest BCUT2D eigenvalue weighted by atomic mass is 10.1. The van der Waals surface area contributed by atoms with Crippen LogP contribution in [0.4, 0.5) is 0 Å². The zero-order valence-corrected chi connectivity index (χ0v) is 17.4. The molecule has 0 saturated carbocycles. The molecule has 1 amide bonds. The topological polar surface area (TPSA) is 64.0 Å². The Morgan fingerprint density at radius 1 is 1.25 bits per heavy atom. The lowest BCUT2D eigenvalue weighted by molar-refractivity contribution is -0.119. The van der Waals surface area contributed by atoms with Crippen LogP contribution in [0.3, 0.4) is 0 Å². The summed E-state index contributed by atoms with van der Waals surface area (Å²) >= 11 is 7.31. The van der Waals surface area contributed by atoms with Crippen molar-refractivity contribution in [3.05, 3.63) is 69.5 Å². The average molecular weight is 416 g/mol. The van der Waals surface area contributed by atoms with Crippen molar-refractivity contribution in [2.24, 2.45) is 0 Å². The number of carbonyl (C=O) groups is 1. The van der Waals surface area contributed by atoms with E-state index in [9.17, 15) is 9.59 Å². The Bertz CT molecular complexity index is 1040. The van der Waals surface area contributed by atoms with Crippen LogP contribution >= 0.6 is 23.4 Å². The number of benzene rings is 2. The maximum atomic E-state index is 12.8. The van der Waals surface area contributed by atoms with E-state index < -0.39 is 0 Å². The predicted molar refractivity (Wildman–Crippen MR) is 115 cm³/mol. The third-order valence-corrected chi connectivity index (χ3v) is 5.55. The molecular formula is C21H22ClN3O2S. The van der Waals surface area contributed by atoms with Gasteiger partial charge < -0.3 is 5.32 Å². The molecule has 0 bridgehead atoms. The summed E-state index contributed by atoms with van der Waals surface area (Å²) in [6.45, 7) is 4.50. The first-order chi connectivity index (χ1) is 13.5. The maximum Gasteiger partial charge on any atom is 0.262 e. The van der Waals surface area contributed by atoms with Gasteiger partial charge in [-0.2, -0.15) is 0 Å². The predicted octanol–water partition coefficient (Wildman–Crippen LogP) is 4.43. The Labute approximate surface area is 173 Å². The number of halogens is 1. The molecule has 2 aromatic carbocycles. The normalized spacial score (nSPS) is 12.1. The summed E-state index contributed by atoms with van der Waals surface area (Å²) in [5, 5.41) is 4.57. The second-order valence-corrected chi connectivity index (χ2v) is 7.88. The summed E-state index contributed by atoms with van der Waals surface area (Å²) in [6.07, 6.45) is 0.797. The number of hydrogen-bond acceptors (Lipinski definition) is 4. The molecule has 0 unspecified atom stereocenters. The fourth-order valence-corrected chi connectivity index (χ4v) is 3.95. The van der Waals surface area contributed by atoms with Gasteiger partial charge in [-0.25, -0.2) is 4.98 Å². The molecule has 28 heavy (non-hydrogen) atoms. The van der Waals surface area contributed by atoms with E-state index in [2.05, 4.69) is 10.3 Å². The quantitative estimate of drug-likeness (QED) is 0.458. The minimum atomic E-state index is -0.107. The second-order valence-electron chi connectivity index (χ2n) is 6.50. The van der Waals surface area contributed by atoms with Gasteiger partial charge >= 0.3 is 0 Å². The van der Waals surface area contributed by atoms with Gasteiger partial charge in [0, 0.05) is 11.6 Å². The first-order valence-corrected chi connectivity index (χ1v) is 10.5. The molecule has 1 aromatic heterocycles. The number of hydrogen-bond donors (Lipinski definition) is 1. The second kappa shape index (κ2) is 9.26. The fourth-order valence-electron chi connectivity index (χ4n) is 2.94. The Morgan fingerprint density at radius 3 is 2.71 bits per heavy atom. The van der Waals surface area contributed by atoms with E-state index in [1.54, 1.807) is 22.8 Å². The maximum absolute atomic E-state index is 12.8. The van der Waals surface area contributed by atoms with Crippen LogP contribution in [0.5, 0.6) is 0 Å². The molecule has 7 heteroatoms. The minimum Gasteiger partial charge on any atom is -0.349 e. The minimum absolute atomic E-state index is 0.0875. The summed E-state index contributed by atoms with van der Waals surface area (Å²) in [5.74, 6) is 0.0733. The van der Waals surface area contributed by atoms with E-state index in [4.69, 9.17) is 11.6 Å². The van der Waals surface area contributed by atoms with Crippen molar-refractivity contribution in [3.63, 3.8) is 0 Å². The number of fused-ring (bicyclic) bond motifs is 1. The van der Waals surface area contributed by atoms with Gasteiger partial charge in [-0.3, -0.25) is 14.2 Å². The zero-order valence-electron chi connectivity index (χ0n) is 15.8. The van der Waals surface area contributed by atoms with E-state index in [1.807, 2.05) is 44.2 Å². The first-order valence-electron chi connectivity index (χ1n) is 9.16. The Hall–Kier alpha value is -2.31. The van der Waals surface area contributed by atoms with E-state index in [0.29, 0.717) is 27.6 Å². The standard InChI is InChI=1S/C21H22ClN3O2S/c1-3-11-25-20(27)17-10-9-16(22)12-18(17)24-21(25)28-13-19(26)23-14(2)15-7-5-4-6-8-15/h4-10,12,14H,3,11,13H2,1-2H3,(H,23,26)/t14-/m0/s1. The van der Waals surface area contributed by atoms with Gasteiger partial charge in [0.2, 0.25) is 5.91 Å². The van der Waals surface area contributed by atoms with E-state index in [1.165, 1.54) is 11.8 Å². The summed E-state index contributed by atoms with van der Waals surface area (Å²) in [4.78, 5) is 29.8. The molecule has 3 rings (SSSR count). The van der Waals surface area contributed by atoms with E-state index in [-0.39, 0.29) is 23.3 Å². The van der Waals surface area contributed by atoms with Gasteiger partial charge in [0.25, 0.3) is 5.56 Å².